The molecule has 5 nitrogen and oxygen atoms in total. The van der Waals surface area contributed by atoms with E-state index >= 15 is 0 Å². The molecule has 0 atom stereocenters. The van der Waals surface area contributed by atoms with E-state index < -0.39 is 0 Å². The van der Waals surface area contributed by atoms with Crippen LogP contribution in [0.4, 0.5) is 10.1 Å². The van der Waals surface area contributed by atoms with Crippen molar-refractivity contribution in [3.8, 4) is 0 Å². The zero-order valence-corrected chi connectivity index (χ0v) is 13.5. The summed E-state index contributed by atoms with van der Waals surface area (Å²) in [5.41, 5.74) is 2.59. The molecule has 6 heteroatoms. The fourth-order valence-corrected chi connectivity index (χ4v) is 3.25. The molecule has 25 heavy (non-hydrogen) atoms. The van der Waals surface area contributed by atoms with Gasteiger partial charge in [0.1, 0.15) is 11.5 Å². The molecule has 2 heterocycles. The van der Waals surface area contributed by atoms with E-state index in [1.165, 1.54) is 11.0 Å². The molecule has 0 bridgehead atoms. The molecular formula is C19H16FN3O2. The lowest BCUT2D eigenvalue weighted by Gasteiger charge is -2.17. The SMILES string of the molecule is O=C(CCc1nc2ccccc2[nH]c1=O)N1CCc2cccc(F)c21. The summed E-state index contributed by atoms with van der Waals surface area (Å²) in [4.78, 5) is 33.2. The standard InChI is InChI=1S/C19H16FN3O2/c20-13-5-3-4-12-10-11-23(18(12)13)17(24)9-8-16-19(25)22-15-7-2-1-6-14(15)21-16/h1-7H,8-11H2,(H,22,25). The summed E-state index contributed by atoms with van der Waals surface area (Å²) in [5.74, 6) is -0.580. The van der Waals surface area contributed by atoms with Gasteiger partial charge in [-0.15, -0.1) is 0 Å². The van der Waals surface area contributed by atoms with Crippen LogP contribution < -0.4 is 10.5 Å². The molecule has 126 valence electrons. The molecule has 1 aliphatic rings. The van der Waals surface area contributed by atoms with Gasteiger partial charge in [0.2, 0.25) is 5.91 Å². The molecule has 3 aromatic rings. The van der Waals surface area contributed by atoms with E-state index in [-0.39, 0.29) is 30.1 Å². The van der Waals surface area contributed by atoms with E-state index in [1.54, 1.807) is 12.1 Å². The summed E-state index contributed by atoms with van der Waals surface area (Å²) in [5, 5.41) is 0. The Labute approximate surface area is 143 Å². The number of rotatable bonds is 3. The minimum atomic E-state index is -0.384. The second-order valence-electron chi connectivity index (χ2n) is 6.07. The average Bonchev–Trinajstić information content (AvgIpc) is 3.05. The summed E-state index contributed by atoms with van der Waals surface area (Å²) in [7, 11) is 0. The maximum atomic E-state index is 14.0. The fourth-order valence-electron chi connectivity index (χ4n) is 3.25. The predicted octanol–water partition coefficient (Wildman–Crippen LogP) is 2.58. The van der Waals surface area contributed by atoms with Crippen LogP contribution in [-0.2, 0) is 17.6 Å². The number of amides is 1. The summed E-state index contributed by atoms with van der Waals surface area (Å²) in [6.07, 6.45) is 0.981. The van der Waals surface area contributed by atoms with E-state index in [0.29, 0.717) is 35.4 Å². The Morgan fingerprint density at radius 1 is 1.20 bits per heavy atom. The van der Waals surface area contributed by atoms with Crippen LogP contribution in [0.5, 0.6) is 0 Å². The minimum absolute atomic E-state index is 0.113. The van der Waals surface area contributed by atoms with Gasteiger partial charge in [0.25, 0.3) is 5.56 Å². The van der Waals surface area contributed by atoms with Crippen molar-refractivity contribution in [1.29, 1.82) is 0 Å². The Morgan fingerprint density at radius 2 is 2.04 bits per heavy atom. The molecule has 0 saturated carbocycles. The lowest BCUT2D eigenvalue weighted by Crippen LogP contribution is -2.30. The number of carbonyl (C=O) groups excluding carboxylic acids is 1. The van der Waals surface area contributed by atoms with Gasteiger partial charge in [-0.25, -0.2) is 9.37 Å². The van der Waals surface area contributed by atoms with Gasteiger partial charge in [-0.2, -0.15) is 0 Å². The molecule has 4 rings (SSSR count). The first-order chi connectivity index (χ1) is 12.1. The largest absolute Gasteiger partial charge is 0.319 e. The summed E-state index contributed by atoms with van der Waals surface area (Å²) >= 11 is 0. The van der Waals surface area contributed by atoms with Crippen LogP contribution in [-0.4, -0.2) is 22.4 Å². The molecule has 0 saturated heterocycles. The number of aromatic amines is 1. The second-order valence-corrected chi connectivity index (χ2v) is 6.07. The van der Waals surface area contributed by atoms with E-state index in [2.05, 4.69) is 9.97 Å². The Hall–Kier alpha value is -3.02. The molecule has 1 aromatic heterocycles. The third kappa shape index (κ3) is 2.80. The third-order valence-corrected chi connectivity index (χ3v) is 4.49. The normalized spacial score (nSPS) is 13.2. The van der Waals surface area contributed by atoms with Crippen LogP contribution in [0.15, 0.2) is 47.3 Å². The predicted molar refractivity (Wildman–Crippen MR) is 93.1 cm³/mol. The van der Waals surface area contributed by atoms with E-state index in [0.717, 1.165) is 5.56 Å². The van der Waals surface area contributed by atoms with E-state index in [1.807, 2.05) is 24.3 Å². The number of carbonyl (C=O) groups is 1. The molecule has 1 aliphatic heterocycles. The van der Waals surface area contributed by atoms with Gasteiger partial charge in [-0.05, 0) is 30.2 Å². The number of H-pyrrole nitrogens is 1. The van der Waals surface area contributed by atoms with Crippen molar-refractivity contribution in [3.05, 3.63) is 69.9 Å². The topological polar surface area (TPSA) is 66.1 Å². The highest BCUT2D eigenvalue weighted by Gasteiger charge is 2.27. The van der Waals surface area contributed by atoms with Crippen LogP contribution in [0.2, 0.25) is 0 Å². The highest BCUT2D eigenvalue weighted by molar-refractivity contribution is 5.95. The van der Waals surface area contributed by atoms with Crippen LogP contribution in [0.1, 0.15) is 17.7 Å². The molecule has 1 amide bonds. The molecule has 0 fully saturated rings. The molecule has 2 aromatic carbocycles. The zero-order valence-electron chi connectivity index (χ0n) is 13.5. The Kier molecular flexibility index (Phi) is 3.80. The number of aryl methyl sites for hydroxylation is 1. The van der Waals surface area contributed by atoms with Gasteiger partial charge in [-0.3, -0.25) is 9.59 Å². The van der Waals surface area contributed by atoms with Crippen LogP contribution >= 0.6 is 0 Å². The van der Waals surface area contributed by atoms with Crippen molar-refractivity contribution in [2.24, 2.45) is 0 Å². The first kappa shape index (κ1) is 15.5. The number of hydrogen-bond donors (Lipinski definition) is 1. The highest BCUT2D eigenvalue weighted by atomic mass is 19.1. The maximum Gasteiger partial charge on any atom is 0.270 e. The lowest BCUT2D eigenvalue weighted by atomic mass is 10.1. The summed E-state index contributed by atoms with van der Waals surface area (Å²) in [6.45, 7) is 0.469. The van der Waals surface area contributed by atoms with Crippen LogP contribution in [0, 0.1) is 5.82 Å². The van der Waals surface area contributed by atoms with Gasteiger partial charge in [0.05, 0.1) is 16.7 Å². The lowest BCUT2D eigenvalue weighted by molar-refractivity contribution is -0.118. The van der Waals surface area contributed by atoms with Crippen molar-refractivity contribution >= 4 is 22.6 Å². The summed E-state index contributed by atoms with van der Waals surface area (Å²) in [6, 6.07) is 12.1. The van der Waals surface area contributed by atoms with Crippen molar-refractivity contribution in [3.63, 3.8) is 0 Å². The number of benzene rings is 2. The Bertz CT molecular complexity index is 1030. The molecule has 0 unspecified atom stereocenters. The molecule has 0 aliphatic carbocycles. The number of anilines is 1. The van der Waals surface area contributed by atoms with Crippen LogP contribution in [0.3, 0.4) is 0 Å². The van der Waals surface area contributed by atoms with Gasteiger partial charge >= 0.3 is 0 Å². The Balaban J connectivity index is 1.54. The minimum Gasteiger partial charge on any atom is -0.319 e. The number of aromatic nitrogens is 2. The van der Waals surface area contributed by atoms with Crippen molar-refractivity contribution < 1.29 is 9.18 Å². The maximum absolute atomic E-state index is 14.0. The number of nitrogens with zero attached hydrogens (tertiary/aromatic N) is 2. The number of fused-ring (bicyclic) bond motifs is 2. The van der Waals surface area contributed by atoms with Crippen molar-refractivity contribution in [2.75, 3.05) is 11.4 Å². The van der Waals surface area contributed by atoms with E-state index in [4.69, 9.17) is 0 Å². The smallest absolute Gasteiger partial charge is 0.270 e. The number of hydrogen-bond acceptors (Lipinski definition) is 3. The van der Waals surface area contributed by atoms with Gasteiger partial charge in [0, 0.05) is 19.4 Å². The van der Waals surface area contributed by atoms with Crippen LogP contribution in [0.25, 0.3) is 11.0 Å². The molecule has 0 spiro atoms. The quantitative estimate of drug-likeness (QED) is 0.799. The third-order valence-electron chi connectivity index (χ3n) is 4.49. The van der Waals surface area contributed by atoms with Gasteiger partial charge in [-0.1, -0.05) is 24.3 Å². The number of halogens is 1. The Morgan fingerprint density at radius 3 is 2.92 bits per heavy atom. The van der Waals surface area contributed by atoms with Crippen molar-refractivity contribution in [2.45, 2.75) is 19.3 Å². The van der Waals surface area contributed by atoms with Crippen molar-refractivity contribution in [1.82, 2.24) is 9.97 Å². The molecule has 1 N–H and O–H groups in total. The molecular weight excluding hydrogens is 321 g/mol. The van der Waals surface area contributed by atoms with Gasteiger partial charge in [0.15, 0.2) is 0 Å². The number of para-hydroxylation sites is 3. The first-order valence-corrected chi connectivity index (χ1v) is 8.19. The first-order valence-electron chi connectivity index (χ1n) is 8.19. The highest BCUT2D eigenvalue weighted by Crippen LogP contribution is 2.31. The summed E-state index contributed by atoms with van der Waals surface area (Å²) < 4.78 is 14.0. The zero-order chi connectivity index (χ0) is 17.4. The monoisotopic (exact) mass is 337 g/mol. The van der Waals surface area contributed by atoms with Gasteiger partial charge < -0.3 is 9.88 Å². The number of nitrogens with one attached hydrogen (secondary N) is 1. The molecule has 0 radical (unpaired) electrons. The van der Waals surface area contributed by atoms with E-state index in [9.17, 15) is 14.0 Å². The average molecular weight is 337 g/mol. The second kappa shape index (κ2) is 6.12. The fraction of sp³-hybridized carbons (Fsp3) is 0.211.